The first-order chi connectivity index (χ1) is 5.22. The zero-order chi connectivity index (χ0) is 8.69. The summed E-state index contributed by atoms with van der Waals surface area (Å²) in [6, 6.07) is 2.57. The molecule has 0 radical (unpaired) electrons. The number of nitrogens with zero attached hydrogens (tertiary/aromatic N) is 2. The molecule has 0 spiro atoms. The standard InChI is InChI=1S/C8H16N2S/c1-8(4-5-9)10(2)6-7-11-3/h8H,4,6-7H2,1-3H3. The normalized spacial score (nSPS) is 13.0. The molecule has 0 bridgehead atoms. The van der Waals surface area contributed by atoms with E-state index in [1.807, 2.05) is 11.8 Å². The average molecular weight is 172 g/mol. The molecule has 0 aliphatic rings. The van der Waals surface area contributed by atoms with Crippen molar-refractivity contribution in [3.63, 3.8) is 0 Å². The van der Waals surface area contributed by atoms with Gasteiger partial charge < -0.3 is 4.90 Å². The quantitative estimate of drug-likeness (QED) is 0.630. The molecule has 0 N–H and O–H groups in total. The summed E-state index contributed by atoms with van der Waals surface area (Å²) >= 11 is 1.84. The Morgan fingerprint density at radius 3 is 2.73 bits per heavy atom. The fourth-order valence-corrected chi connectivity index (χ4v) is 1.21. The smallest absolute Gasteiger partial charge is 0.0638 e. The second-order valence-corrected chi connectivity index (χ2v) is 3.67. The van der Waals surface area contributed by atoms with E-state index in [0.29, 0.717) is 12.5 Å². The van der Waals surface area contributed by atoms with Crippen LogP contribution < -0.4 is 0 Å². The van der Waals surface area contributed by atoms with Crippen molar-refractivity contribution in [3.05, 3.63) is 0 Å². The van der Waals surface area contributed by atoms with Crippen LogP contribution >= 0.6 is 11.8 Å². The van der Waals surface area contributed by atoms with Crippen molar-refractivity contribution in [2.45, 2.75) is 19.4 Å². The molecule has 0 aromatic rings. The Morgan fingerprint density at radius 1 is 1.64 bits per heavy atom. The number of rotatable bonds is 5. The van der Waals surface area contributed by atoms with Crippen molar-refractivity contribution in [3.8, 4) is 6.07 Å². The van der Waals surface area contributed by atoms with Crippen molar-refractivity contribution in [2.75, 3.05) is 25.6 Å². The molecule has 0 heterocycles. The Labute approximate surface area is 73.6 Å². The van der Waals surface area contributed by atoms with Crippen LogP contribution in [-0.4, -0.2) is 36.5 Å². The molecule has 0 aliphatic carbocycles. The highest BCUT2D eigenvalue weighted by atomic mass is 32.2. The van der Waals surface area contributed by atoms with Gasteiger partial charge in [0.15, 0.2) is 0 Å². The molecule has 0 amide bonds. The van der Waals surface area contributed by atoms with Crippen LogP contribution in [0, 0.1) is 11.3 Å². The van der Waals surface area contributed by atoms with Crippen molar-refractivity contribution < 1.29 is 0 Å². The van der Waals surface area contributed by atoms with Crippen molar-refractivity contribution >= 4 is 11.8 Å². The highest BCUT2D eigenvalue weighted by Gasteiger charge is 2.06. The molecule has 0 aromatic heterocycles. The van der Waals surface area contributed by atoms with E-state index in [1.54, 1.807) is 0 Å². The lowest BCUT2D eigenvalue weighted by molar-refractivity contribution is 0.277. The van der Waals surface area contributed by atoms with E-state index in [2.05, 4.69) is 31.2 Å². The zero-order valence-electron chi connectivity index (χ0n) is 7.50. The first-order valence-electron chi connectivity index (χ1n) is 3.78. The number of nitriles is 1. The maximum Gasteiger partial charge on any atom is 0.0638 e. The molecular formula is C8H16N2S. The summed E-state index contributed by atoms with van der Waals surface area (Å²) in [7, 11) is 2.07. The minimum atomic E-state index is 0.396. The monoisotopic (exact) mass is 172 g/mol. The van der Waals surface area contributed by atoms with E-state index in [1.165, 1.54) is 0 Å². The lowest BCUT2D eigenvalue weighted by Crippen LogP contribution is -2.30. The summed E-state index contributed by atoms with van der Waals surface area (Å²) in [5.41, 5.74) is 0. The predicted octanol–water partition coefficient (Wildman–Crippen LogP) is 1.58. The number of hydrogen-bond donors (Lipinski definition) is 0. The Hall–Kier alpha value is -0.200. The summed E-state index contributed by atoms with van der Waals surface area (Å²) in [5.74, 6) is 1.15. The van der Waals surface area contributed by atoms with E-state index in [0.717, 1.165) is 12.3 Å². The maximum absolute atomic E-state index is 8.43. The van der Waals surface area contributed by atoms with Gasteiger partial charge in [-0.05, 0) is 20.2 Å². The van der Waals surface area contributed by atoms with E-state index in [4.69, 9.17) is 5.26 Å². The molecule has 0 aliphatic heterocycles. The Kier molecular flexibility index (Phi) is 6.39. The van der Waals surface area contributed by atoms with Gasteiger partial charge in [-0.2, -0.15) is 17.0 Å². The summed E-state index contributed by atoms with van der Waals surface area (Å²) in [4.78, 5) is 2.22. The molecule has 0 fully saturated rings. The topological polar surface area (TPSA) is 27.0 Å². The second-order valence-electron chi connectivity index (χ2n) is 2.68. The van der Waals surface area contributed by atoms with Crippen LogP contribution in [0.2, 0.25) is 0 Å². The first-order valence-corrected chi connectivity index (χ1v) is 5.18. The van der Waals surface area contributed by atoms with Gasteiger partial charge >= 0.3 is 0 Å². The van der Waals surface area contributed by atoms with Gasteiger partial charge in [-0.15, -0.1) is 0 Å². The maximum atomic E-state index is 8.43. The molecule has 1 atom stereocenters. The largest absolute Gasteiger partial charge is 0.302 e. The van der Waals surface area contributed by atoms with Crippen LogP contribution in [0.1, 0.15) is 13.3 Å². The van der Waals surface area contributed by atoms with Gasteiger partial charge in [0, 0.05) is 18.3 Å². The second kappa shape index (κ2) is 6.51. The van der Waals surface area contributed by atoms with E-state index >= 15 is 0 Å². The Morgan fingerprint density at radius 2 is 2.27 bits per heavy atom. The summed E-state index contributed by atoms with van der Waals surface area (Å²) in [6.07, 6.45) is 2.73. The van der Waals surface area contributed by atoms with E-state index < -0.39 is 0 Å². The molecule has 0 aromatic carbocycles. The van der Waals surface area contributed by atoms with Crippen LogP contribution in [0.15, 0.2) is 0 Å². The molecule has 2 nitrogen and oxygen atoms in total. The molecule has 0 saturated carbocycles. The average Bonchev–Trinajstić information content (AvgIpc) is 2.00. The molecular weight excluding hydrogens is 156 g/mol. The highest BCUT2D eigenvalue weighted by Crippen LogP contribution is 2.01. The van der Waals surface area contributed by atoms with Gasteiger partial charge in [0.2, 0.25) is 0 Å². The summed E-state index contributed by atoms with van der Waals surface area (Å²) in [5, 5.41) is 8.43. The van der Waals surface area contributed by atoms with Crippen molar-refractivity contribution in [1.29, 1.82) is 5.26 Å². The van der Waals surface area contributed by atoms with Gasteiger partial charge in [0.1, 0.15) is 0 Å². The molecule has 0 rings (SSSR count). The Balaban J connectivity index is 3.48. The van der Waals surface area contributed by atoms with Crippen LogP contribution in [0.4, 0.5) is 0 Å². The van der Waals surface area contributed by atoms with Crippen LogP contribution in [0.5, 0.6) is 0 Å². The van der Waals surface area contributed by atoms with Gasteiger partial charge in [-0.1, -0.05) is 0 Å². The summed E-state index contributed by atoms with van der Waals surface area (Å²) in [6.45, 7) is 3.16. The minimum absolute atomic E-state index is 0.396. The lowest BCUT2D eigenvalue weighted by Gasteiger charge is -2.21. The van der Waals surface area contributed by atoms with E-state index in [-0.39, 0.29) is 0 Å². The van der Waals surface area contributed by atoms with Crippen LogP contribution in [0.3, 0.4) is 0 Å². The number of hydrogen-bond acceptors (Lipinski definition) is 3. The van der Waals surface area contributed by atoms with Gasteiger partial charge in [-0.25, -0.2) is 0 Å². The highest BCUT2D eigenvalue weighted by molar-refractivity contribution is 7.98. The minimum Gasteiger partial charge on any atom is -0.302 e. The molecule has 11 heavy (non-hydrogen) atoms. The molecule has 1 unspecified atom stereocenters. The number of thioether (sulfide) groups is 1. The van der Waals surface area contributed by atoms with Crippen LogP contribution in [0.25, 0.3) is 0 Å². The third-order valence-corrected chi connectivity index (χ3v) is 2.38. The lowest BCUT2D eigenvalue weighted by atomic mass is 10.2. The zero-order valence-corrected chi connectivity index (χ0v) is 8.32. The third kappa shape index (κ3) is 5.11. The summed E-state index contributed by atoms with van der Waals surface area (Å²) < 4.78 is 0. The van der Waals surface area contributed by atoms with Gasteiger partial charge in [0.05, 0.1) is 12.5 Å². The molecule has 64 valence electrons. The fraction of sp³-hybridized carbons (Fsp3) is 0.875. The van der Waals surface area contributed by atoms with E-state index in [9.17, 15) is 0 Å². The molecule has 0 saturated heterocycles. The first kappa shape index (κ1) is 10.8. The van der Waals surface area contributed by atoms with Crippen molar-refractivity contribution in [2.24, 2.45) is 0 Å². The Bertz CT molecular complexity index is 131. The molecule has 3 heteroatoms. The third-order valence-electron chi connectivity index (χ3n) is 1.79. The van der Waals surface area contributed by atoms with Gasteiger partial charge in [0.25, 0.3) is 0 Å². The SMILES string of the molecule is CSCCN(C)C(C)CC#N. The van der Waals surface area contributed by atoms with Gasteiger partial charge in [-0.3, -0.25) is 0 Å². The van der Waals surface area contributed by atoms with Crippen molar-refractivity contribution in [1.82, 2.24) is 4.90 Å². The van der Waals surface area contributed by atoms with Crippen LogP contribution in [-0.2, 0) is 0 Å². The fourth-order valence-electron chi connectivity index (χ4n) is 0.744. The predicted molar refractivity (Wildman–Crippen MR) is 50.7 cm³/mol.